The summed E-state index contributed by atoms with van der Waals surface area (Å²) < 4.78 is 63.8. The van der Waals surface area contributed by atoms with Gasteiger partial charge in [0, 0.05) is 36.6 Å². The molecule has 0 spiro atoms. The lowest BCUT2D eigenvalue weighted by Crippen LogP contribution is -2.45. The second-order valence-electron chi connectivity index (χ2n) is 24.5. The van der Waals surface area contributed by atoms with Crippen LogP contribution in [0, 0.1) is 11.8 Å². The molecule has 2 fully saturated rings. The summed E-state index contributed by atoms with van der Waals surface area (Å²) in [4.78, 5) is 77.4. The number of primary sulfonamides is 1. The Labute approximate surface area is 546 Å². The summed E-state index contributed by atoms with van der Waals surface area (Å²) >= 11 is 17.7. The van der Waals surface area contributed by atoms with Gasteiger partial charge in [-0.05, 0) is 224 Å². The maximum Gasteiger partial charge on any atom is 0.410 e. The standard InChI is InChI=1S/C30H36BrClN6O5S.C24H35N5O4S.C6H3BrClNO2/c1-29(2,3)43-28(40)38-18-19(17-30(38,4)5)12-14-22(21-9-6-7-16-33-21)34-24-10-8-11-25(36-24)44(41,42)37-27(39)20-13-15-23(31)35-26(20)32;1-23(2,3)33-22(30)29-16-17(15-24(29,4)5)12-13-19(18-9-6-7-14-26-18)27-20-10-8-11-21(28-20)34(25,31)32;7-4-2-1-3(6(10)11)5(8)9-4/h6-11,13,15-16,19,22H,12,14,17-18H2,1-5H3,(H,34,36)(H,37,39);6-11,14,17,19H,12-13,15-16H2,1-5H3,(H,27,28)(H2,25,31,32);1-2H,(H,10,11)/t19-,22?;17-,19?;/m00./s1. The van der Waals surface area contributed by atoms with Crippen LogP contribution in [-0.4, -0.2) is 121 Å². The number of hydrogen-bond acceptors (Lipinski definition) is 18. The number of nitrogens with zero attached hydrogens (tertiary/aromatic N) is 8. The van der Waals surface area contributed by atoms with Crippen molar-refractivity contribution in [1.29, 1.82) is 0 Å². The van der Waals surface area contributed by atoms with Crippen LogP contribution in [0.25, 0.3) is 0 Å². The van der Waals surface area contributed by atoms with E-state index in [2.05, 4.69) is 86.2 Å². The van der Waals surface area contributed by atoms with Crippen LogP contribution in [0.15, 0.2) is 129 Å². The zero-order valence-electron chi connectivity index (χ0n) is 50.9. The third-order valence-corrected chi connectivity index (χ3v) is 17.5. The van der Waals surface area contributed by atoms with Gasteiger partial charge in [0.15, 0.2) is 10.1 Å². The predicted molar refractivity (Wildman–Crippen MR) is 345 cm³/mol. The molecule has 29 heteroatoms. The number of rotatable bonds is 17. The zero-order valence-corrected chi connectivity index (χ0v) is 57.2. The Morgan fingerprint density at radius 1 is 0.629 bits per heavy atom. The smallest absolute Gasteiger partial charge is 0.410 e. The van der Waals surface area contributed by atoms with Gasteiger partial charge in [-0.25, -0.2) is 52.6 Å². The first kappa shape index (κ1) is 71.5. The molecule has 480 valence electrons. The van der Waals surface area contributed by atoms with Gasteiger partial charge in [0.2, 0.25) is 0 Å². The summed E-state index contributed by atoms with van der Waals surface area (Å²) in [5.74, 6) is -0.790. The number of amides is 3. The van der Waals surface area contributed by atoms with E-state index in [-0.39, 0.29) is 72.8 Å². The first-order valence-corrected chi connectivity index (χ1v) is 33.5. The fraction of sp³-hybridized carbons (Fsp3) is 0.433. The monoisotopic (exact) mass is 1430 g/mol. The lowest BCUT2D eigenvalue weighted by Gasteiger charge is -2.33. The second kappa shape index (κ2) is 30.0. The fourth-order valence-corrected chi connectivity index (χ4v) is 12.8. The van der Waals surface area contributed by atoms with Crippen molar-refractivity contribution in [2.24, 2.45) is 17.0 Å². The molecule has 0 radical (unpaired) electrons. The number of pyridine rings is 6. The summed E-state index contributed by atoms with van der Waals surface area (Å²) in [6, 6.07) is 25.7. The van der Waals surface area contributed by atoms with Gasteiger partial charge in [-0.3, -0.25) is 14.8 Å². The average molecular weight is 1430 g/mol. The number of likely N-dealkylation sites (tertiary alicyclic amines) is 2. The van der Waals surface area contributed by atoms with E-state index in [0.717, 1.165) is 43.5 Å². The van der Waals surface area contributed by atoms with E-state index in [1.807, 2.05) is 101 Å². The summed E-state index contributed by atoms with van der Waals surface area (Å²) in [5.41, 5.74) is -0.282. The molecule has 2 unspecified atom stereocenters. The molecule has 6 N–H and O–H groups in total. The number of sulfonamides is 2. The van der Waals surface area contributed by atoms with E-state index in [1.54, 1.807) is 35.5 Å². The predicted octanol–water partition coefficient (Wildman–Crippen LogP) is 12.7. The third-order valence-electron chi connectivity index (χ3n) is 14.0. The highest BCUT2D eigenvalue weighted by molar-refractivity contribution is 9.10. The molecule has 0 aromatic carbocycles. The highest BCUT2D eigenvalue weighted by atomic mass is 79.9. The van der Waals surface area contributed by atoms with Crippen molar-refractivity contribution >= 4 is 111 Å². The van der Waals surface area contributed by atoms with Gasteiger partial charge < -0.3 is 35.0 Å². The number of carbonyl (C=O) groups is 4. The molecule has 0 bridgehead atoms. The van der Waals surface area contributed by atoms with Gasteiger partial charge in [-0.15, -0.1) is 0 Å². The maximum absolute atomic E-state index is 13.1. The van der Waals surface area contributed by atoms with Crippen LogP contribution >= 0.6 is 55.1 Å². The maximum atomic E-state index is 13.1. The van der Waals surface area contributed by atoms with Gasteiger partial charge in [0.25, 0.3) is 26.0 Å². The zero-order chi connectivity index (χ0) is 65.9. The molecule has 6 aromatic heterocycles. The van der Waals surface area contributed by atoms with Crippen LogP contribution in [0.3, 0.4) is 0 Å². The van der Waals surface area contributed by atoms with E-state index in [1.165, 1.54) is 42.5 Å². The number of aromatic carboxylic acids is 1. The number of ether oxygens (including phenoxy) is 2. The van der Waals surface area contributed by atoms with Crippen molar-refractivity contribution in [1.82, 2.24) is 44.4 Å². The molecule has 8 rings (SSSR count). The molecular formula is C60H74Br2Cl2N12O11S2. The number of nitrogens with one attached hydrogen (secondary N) is 3. The van der Waals surface area contributed by atoms with E-state index in [0.29, 0.717) is 46.3 Å². The Balaban J connectivity index is 0.000000247. The summed E-state index contributed by atoms with van der Waals surface area (Å²) in [5, 5.41) is 19.7. The van der Waals surface area contributed by atoms with E-state index >= 15 is 0 Å². The van der Waals surface area contributed by atoms with Crippen LogP contribution in [0.1, 0.15) is 152 Å². The largest absolute Gasteiger partial charge is 0.478 e. The molecule has 4 atom stereocenters. The Morgan fingerprint density at radius 3 is 1.43 bits per heavy atom. The number of nitrogens with two attached hydrogens (primary N) is 1. The Bertz CT molecular complexity index is 3700. The number of anilines is 2. The first-order chi connectivity index (χ1) is 41.4. The van der Waals surface area contributed by atoms with Crippen LogP contribution < -0.4 is 20.5 Å². The summed E-state index contributed by atoms with van der Waals surface area (Å²) in [6.45, 7) is 20.6. The van der Waals surface area contributed by atoms with Crippen molar-refractivity contribution in [3.8, 4) is 0 Å². The van der Waals surface area contributed by atoms with Crippen LogP contribution in [0.5, 0.6) is 0 Å². The third kappa shape index (κ3) is 21.5. The quantitative estimate of drug-likeness (QED) is 0.0530. The molecule has 0 aliphatic carbocycles. The molecule has 2 aliphatic rings. The van der Waals surface area contributed by atoms with E-state index in [9.17, 15) is 36.0 Å². The Kier molecular flexibility index (Phi) is 24.1. The molecule has 0 saturated carbocycles. The van der Waals surface area contributed by atoms with E-state index < -0.39 is 43.1 Å². The lowest BCUT2D eigenvalue weighted by atomic mass is 9.91. The minimum atomic E-state index is -4.34. The minimum Gasteiger partial charge on any atom is -0.478 e. The molecule has 89 heavy (non-hydrogen) atoms. The fourth-order valence-electron chi connectivity index (χ4n) is 10.0. The highest BCUT2D eigenvalue weighted by Crippen LogP contribution is 2.40. The second-order valence-corrected chi connectivity index (χ2v) is 29.9. The van der Waals surface area contributed by atoms with Gasteiger partial charge in [-0.2, -0.15) is 8.42 Å². The Hall–Kier alpha value is -6.62. The molecule has 23 nitrogen and oxygen atoms in total. The average Bonchev–Trinajstić information content (AvgIpc) is 2.06. The molecule has 2 aliphatic heterocycles. The molecule has 3 amide bonds. The van der Waals surface area contributed by atoms with Crippen molar-refractivity contribution in [2.45, 2.75) is 152 Å². The molecule has 2 saturated heterocycles. The number of carboxylic acid groups (broad SMARTS) is 1. The number of halogens is 4. The summed E-state index contributed by atoms with van der Waals surface area (Å²) in [6.07, 6.45) is 7.45. The Morgan fingerprint density at radius 2 is 1.04 bits per heavy atom. The van der Waals surface area contributed by atoms with Crippen LogP contribution in [0.2, 0.25) is 10.3 Å². The molecule has 8 heterocycles. The van der Waals surface area contributed by atoms with Gasteiger partial charge in [-0.1, -0.05) is 47.5 Å². The van der Waals surface area contributed by atoms with Crippen LogP contribution in [-0.2, 0) is 29.5 Å². The SMILES string of the molecule is CC(C)(C)OC(=O)N1C[C@@H](CCC(Nc2cccc(S(=O)(=O)NC(=O)c3ccc(Br)nc3Cl)n2)c2ccccn2)CC1(C)C.CC(C)(C)OC(=O)N1C[C@@H](CCC(Nc2cccc(S(N)(=O)=O)n2)c2ccccn2)CC1(C)C.O=C(O)c1ccc(Br)nc1Cl. The van der Waals surface area contributed by atoms with Crippen molar-refractivity contribution in [2.75, 3.05) is 23.7 Å². The number of aromatic nitrogens is 6. The summed E-state index contributed by atoms with van der Waals surface area (Å²) in [7, 11) is -8.24. The van der Waals surface area contributed by atoms with Crippen molar-refractivity contribution in [3.05, 3.63) is 151 Å². The first-order valence-electron chi connectivity index (χ1n) is 28.2. The molecule has 6 aromatic rings. The normalized spacial score (nSPS) is 16.9. The van der Waals surface area contributed by atoms with E-state index in [4.69, 9.17) is 42.9 Å². The number of carbonyl (C=O) groups excluding carboxylic acids is 3. The minimum absolute atomic E-state index is 0.00752. The topological polar surface area (TPSA) is 321 Å². The van der Waals surface area contributed by atoms with Crippen molar-refractivity contribution in [3.63, 3.8) is 0 Å². The number of carboxylic acids is 1. The van der Waals surface area contributed by atoms with Gasteiger partial charge >= 0.3 is 18.2 Å². The van der Waals surface area contributed by atoms with Gasteiger partial charge in [0.1, 0.15) is 42.4 Å². The van der Waals surface area contributed by atoms with Crippen LogP contribution in [0.4, 0.5) is 21.2 Å². The highest BCUT2D eigenvalue weighted by Gasteiger charge is 2.44. The van der Waals surface area contributed by atoms with Crippen molar-refractivity contribution < 1.29 is 50.6 Å². The van der Waals surface area contributed by atoms with Gasteiger partial charge in [0.05, 0.1) is 34.6 Å². The molecular weight excluding hydrogens is 1360 g/mol. The number of hydrogen-bond donors (Lipinski definition) is 5. The lowest BCUT2D eigenvalue weighted by molar-refractivity contribution is 0.0118.